The summed E-state index contributed by atoms with van der Waals surface area (Å²) in [6.45, 7) is 3.70. The fourth-order valence-electron chi connectivity index (χ4n) is 2.22. The number of hydrogen-bond donors (Lipinski definition) is 1. The number of ether oxygens (including phenoxy) is 2. The van der Waals surface area contributed by atoms with E-state index in [2.05, 4.69) is 4.72 Å². The quantitative estimate of drug-likeness (QED) is 0.778. The highest BCUT2D eigenvalue weighted by Gasteiger charge is 2.16. The van der Waals surface area contributed by atoms with E-state index in [0.717, 1.165) is 11.6 Å². The predicted octanol–water partition coefficient (Wildman–Crippen LogP) is 2.81. The monoisotopic (exact) mass is 353 g/mol. The van der Waals surface area contributed by atoms with Crippen LogP contribution in [0.1, 0.15) is 11.1 Å². The number of methoxy groups -OCH3 is 1. The van der Waals surface area contributed by atoms with Crippen LogP contribution >= 0.6 is 0 Å². The van der Waals surface area contributed by atoms with Crippen molar-refractivity contribution in [1.29, 1.82) is 0 Å². The van der Waals surface area contributed by atoms with Crippen molar-refractivity contribution in [3.05, 3.63) is 53.3 Å². The molecular weight excluding hydrogens is 333 g/mol. The summed E-state index contributed by atoms with van der Waals surface area (Å²) in [6, 6.07) is 9.03. The summed E-state index contributed by atoms with van der Waals surface area (Å²) in [6.07, 6.45) is 0. The lowest BCUT2D eigenvalue weighted by Gasteiger charge is -2.12. The first-order valence-electron chi connectivity index (χ1n) is 7.37. The SMILES string of the molecule is COc1cc(C)ccc1OCCNS(=O)(=O)c1ccc(F)cc1C. The highest BCUT2D eigenvalue weighted by Crippen LogP contribution is 2.27. The highest BCUT2D eigenvalue weighted by molar-refractivity contribution is 7.89. The summed E-state index contributed by atoms with van der Waals surface area (Å²) in [5, 5.41) is 0. The minimum atomic E-state index is -3.71. The van der Waals surface area contributed by atoms with Crippen LogP contribution < -0.4 is 14.2 Å². The van der Waals surface area contributed by atoms with Gasteiger partial charge in [0.25, 0.3) is 0 Å². The van der Waals surface area contributed by atoms with Crippen LogP contribution in [0, 0.1) is 19.7 Å². The van der Waals surface area contributed by atoms with E-state index in [-0.39, 0.29) is 18.0 Å². The Morgan fingerprint density at radius 1 is 1.08 bits per heavy atom. The third-order valence-electron chi connectivity index (χ3n) is 3.40. The Morgan fingerprint density at radius 2 is 1.83 bits per heavy atom. The zero-order chi connectivity index (χ0) is 17.7. The van der Waals surface area contributed by atoms with Gasteiger partial charge in [0.1, 0.15) is 12.4 Å². The van der Waals surface area contributed by atoms with Gasteiger partial charge < -0.3 is 9.47 Å². The van der Waals surface area contributed by atoms with Gasteiger partial charge in [0.05, 0.1) is 12.0 Å². The van der Waals surface area contributed by atoms with E-state index in [1.54, 1.807) is 20.1 Å². The van der Waals surface area contributed by atoms with E-state index in [1.807, 2.05) is 19.1 Å². The number of hydrogen-bond acceptors (Lipinski definition) is 4. The molecule has 0 saturated heterocycles. The van der Waals surface area contributed by atoms with Crippen LogP contribution in [0.4, 0.5) is 4.39 Å². The van der Waals surface area contributed by atoms with E-state index >= 15 is 0 Å². The second-order valence-corrected chi connectivity index (χ2v) is 7.05. The largest absolute Gasteiger partial charge is 0.493 e. The first-order valence-corrected chi connectivity index (χ1v) is 8.85. The smallest absolute Gasteiger partial charge is 0.240 e. The second-order valence-electron chi connectivity index (χ2n) is 5.31. The lowest BCUT2D eigenvalue weighted by Crippen LogP contribution is -2.28. The van der Waals surface area contributed by atoms with Crippen LogP contribution in [-0.2, 0) is 10.0 Å². The minimum absolute atomic E-state index is 0.0526. The maximum Gasteiger partial charge on any atom is 0.240 e. The van der Waals surface area contributed by atoms with Gasteiger partial charge in [0.15, 0.2) is 11.5 Å². The van der Waals surface area contributed by atoms with Crippen LogP contribution in [0.25, 0.3) is 0 Å². The van der Waals surface area contributed by atoms with Gasteiger partial charge >= 0.3 is 0 Å². The summed E-state index contributed by atoms with van der Waals surface area (Å²) in [4.78, 5) is 0.0526. The van der Waals surface area contributed by atoms with E-state index in [9.17, 15) is 12.8 Å². The molecule has 0 bridgehead atoms. The van der Waals surface area contributed by atoms with Crippen LogP contribution in [0.2, 0.25) is 0 Å². The molecule has 1 N–H and O–H groups in total. The van der Waals surface area contributed by atoms with E-state index in [4.69, 9.17) is 9.47 Å². The van der Waals surface area contributed by atoms with Crippen molar-refractivity contribution in [3.8, 4) is 11.5 Å². The first-order chi connectivity index (χ1) is 11.3. The van der Waals surface area contributed by atoms with Crippen molar-refractivity contribution in [2.45, 2.75) is 18.7 Å². The summed E-state index contributed by atoms with van der Waals surface area (Å²) in [5.74, 6) is 0.661. The van der Waals surface area contributed by atoms with Gasteiger partial charge in [-0.15, -0.1) is 0 Å². The molecule has 0 amide bonds. The van der Waals surface area contributed by atoms with Gasteiger partial charge in [-0.2, -0.15) is 0 Å². The van der Waals surface area contributed by atoms with Crippen molar-refractivity contribution in [2.75, 3.05) is 20.3 Å². The average molecular weight is 353 g/mol. The molecule has 0 aliphatic heterocycles. The molecule has 2 aromatic carbocycles. The number of sulfonamides is 1. The molecule has 0 atom stereocenters. The summed E-state index contributed by atoms with van der Waals surface area (Å²) < 4.78 is 50.8. The Bertz CT molecular complexity index is 821. The third-order valence-corrected chi connectivity index (χ3v) is 5.02. The molecule has 0 aliphatic carbocycles. The van der Waals surface area contributed by atoms with Gasteiger partial charge in [-0.3, -0.25) is 0 Å². The number of aryl methyl sites for hydroxylation is 2. The fraction of sp³-hybridized carbons (Fsp3) is 0.294. The second kappa shape index (κ2) is 7.63. The van der Waals surface area contributed by atoms with Gasteiger partial charge in [-0.1, -0.05) is 6.07 Å². The molecule has 0 fully saturated rings. The van der Waals surface area contributed by atoms with Crippen LogP contribution in [0.5, 0.6) is 11.5 Å². The molecule has 0 heterocycles. The van der Waals surface area contributed by atoms with Crippen molar-refractivity contribution in [2.24, 2.45) is 0 Å². The Kier molecular flexibility index (Phi) is 5.80. The lowest BCUT2D eigenvalue weighted by atomic mass is 10.2. The zero-order valence-electron chi connectivity index (χ0n) is 13.8. The lowest BCUT2D eigenvalue weighted by molar-refractivity contribution is 0.298. The minimum Gasteiger partial charge on any atom is -0.493 e. The third kappa shape index (κ3) is 4.46. The molecule has 0 radical (unpaired) electrons. The Balaban J connectivity index is 1.96. The van der Waals surface area contributed by atoms with Crippen molar-refractivity contribution < 1.29 is 22.3 Å². The summed E-state index contributed by atoms with van der Waals surface area (Å²) in [5.41, 5.74) is 1.38. The maximum atomic E-state index is 13.1. The number of halogens is 1. The van der Waals surface area contributed by atoms with Crippen LogP contribution in [0.3, 0.4) is 0 Å². The van der Waals surface area contributed by atoms with Crippen molar-refractivity contribution in [3.63, 3.8) is 0 Å². The number of benzene rings is 2. The molecule has 2 aromatic rings. The van der Waals surface area contributed by atoms with Gasteiger partial charge in [-0.05, 0) is 55.3 Å². The normalized spacial score (nSPS) is 11.3. The van der Waals surface area contributed by atoms with Gasteiger partial charge in [-0.25, -0.2) is 17.5 Å². The van der Waals surface area contributed by atoms with Crippen molar-refractivity contribution in [1.82, 2.24) is 4.72 Å². The molecule has 2 rings (SSSR count). The van der Waals surface area contributed by atoms with Crippen molar-refractivity contribution >= 4 is 10.0 Å². The standard InChI is InChI=1S/C17H20FNO4S/c1-12-4-6-15(16(10-12)22-3)23-9-8-19-24(20,21)17-7-5-14(18)11-13(17)2/h4-7,10-11,19H,8-9H2,1-3H3. The van der Waals surface area contributed by atoms with Gasteiger partial charge in [0, 0.05) is 6.54 Å². The molecule has 0 unspecified atom stereocenters. The Labute approximate surface area is 141 Å². The van der Waals surface area contributed by atoms with E-state index in [0.29, 0.717) is 17.1 Å². The zero-order valence-corrected chi connectivity index (χ0v) is 14.6. The number of nitrogens with one attached hydrogen (secondary N) is 1. The topological polar surface area (TPSA) is 64.6 Å². The van der Waals surface area contributed by atoms with Crippen LogP contribution in [0.15, 0.2) is 41.3 Å². The fourth-order valence-corrected chi connectivity index (χ4v) is 3.46. The maximum absolute atomic E-state index is 13.1. The average Bonchev–Trinajstić information content (AvgIpc) is 2.52. The summed E-state index contributed by atoms with van der Waals surface area (Å²) in [7, 11) is -2.17. The molecule has 0 spiro atoms. The van der Waals surface area contributed by atoms with Gasteiger partial charge in [0.2, 0.25) is 10.0 Å². The molecule has 0 aromatic heterocycles. The number of rotatable bonds is 7. The van der Waals surface area contributed by atoms with E-state index in [1.165, 1.54) is 12.1 Å². The summed E-state index contributed by atoms with van der Waals surface area (Å²) >= 11 is 0. The molecule has 0 saturated carbocycles. The first kappa shape index (κ1) is 18.2. The van der Waals surface area contributed by atoms with Crippen LogP contribution in [-0.4, -0.2) is 28.7 Å². The predicted molar refractivity (Wildman–Crippen MR) is 89.6 cm³/mol. The molecule has 7 heteroatoms. The molecule has 24 heavy (non-hydrogen) atoms. The Morgan fingerprint density at radius 3 is 2.50 bits per heavy atom. The highest BCUT2D eigenvalue weighted by atomic mass is 32.2. The molecule has 130 valence electrons. The molecule has 0 aliphatic rings. The molecular formula is C17H20FNO4S. The Hall–Kier alpha value is -2.12. The molecule has 5 nitrogen and oxygen atoms in total. The van der Waals surface area contributed by atoms with E-state index < -0.39 is 15.8 Å².